The maximum absolute atomic E-state index is 12.3. The summed E-state index contributed by atoms with van der Waals surface area (Å²) in [7, 11) is 0.790. The lowest BCUT2D eigenvalue weighted by atomic mass is 10.1. The van der Waals surface area contributed by atoms with Crippen molar-refractivity contribution in [1.82, 2.24) is 14.4 Å². The van der Waals surface area contributed by atoms with Crippen LogP contribution in [0.1, 0.15) is 24.3 Å². The van der Waals surface area contributed by atoms with Crippen LogP contribution in [-0.2, 0) is 15.8 Å². The van der Waals surface area contributed by atoms with Crippen LogP contribution in [0.4, 0.5) is 0 Å². The van der Waals surface area contributed by atoms with Gasteiger partial charge in [-0.1, -0.05) is 5.16 Å². The molecule has 108 valence electrons. The topological polar surface area (TPSA) is 66.7 Å². The van der Waals surface area contributed by atoms with Crippen molar-refractivity contribution in [3.05, 3.63) is 17.5 Å². The molecule has 0 aromatic carbocycles. The van der Waals surface area contributed by atoms with Crippen LogP contribution in [0.3, 0.4) is 0 Å². The van der Waals surface area contributed by atoms with Gasteiger partial charge >= 0.3 is 0 Å². The Bertz CT molecular complexity index is 516. The van der Waals surface area contributed by atoms with Gasteiger partial charge in [-0.3, -0.25) is 0 Å². The molecule has 1 fully saturated rings. The zero-order chi connectivity index (χ0) is 14.0. The lowest BCUT2D eigenvalue weighted by Gasteiger charge is -2.34. The Morgan fingerprint density at radius 1 is 1.42 bits per heavy atom. The number of aromatic nitrogens is 1. The van der Waals surface area contributed by atoms with Crippen molar-refractivity contribution in [3.63, 3.8) is 0 Å². The Kier molecular flexibility index (Phi) is 4.27. The third-order valence-corrected chi connectivity index (χ3v) is 5.37. The molecule has 2 heterocycles. The van der Waals surface area contributed by atoms with Crippen LogP contribution in [0.15, 0.2) is 10.6 Å². The summed E-state index contributed by atoms with van der Waals surface area (Å²) in [4.78, 5) is 2.16. The summed E-state index contributed by atoms with van der Waals surface area (Å²) in [6.07, 6.45) is 1.76. The Balaban J connectivity index is 1.98. The first-order valence-electron chi connectivity index (χ1n) is 6.45. The Morgan fingerprint density at radius 3 is 2.53 bits per heavy atom. The van der Waals surface area contributed by atoms with Crippen molar-refractivity contribution in [2.75, 3.05) is 27.2 Å². The van der Waals surface area contributed by atoms with E-state index in [2.05, 4.69) is 10.1 Å². The van der Waals surface area contributed by atoms with Gasteiger partial charge in [0, 0.05) is 25.2 Å². The summed E-state index contributed by atoms with van der Waals surface area (Å²) in [5.74, 6) is 0.563. The number of piperidine rings is 1. The van der Waals surface area contributed by atoms with Crippen LogP contribution in [-0.4, -0.2) is 56.0 Å². The maximum atomic E-state index is 12.3. The van der Waals surface area contributed by atoms with Gasteiger partial charge in [0.2, 0.25) is 10.0 Å². The highest BCUT2D eigenvalue weighted by atomic mass is 32.2. The van der Waals surface area contributed by atoms with E-state index in [9.17, 15) is 8.42 Å². The van der Waals surface area contributed by atoms with Crippen molar-refractivity contribution < 1.29 is 12.9 Å². The Labute approximate surface area is 114 Å². The Morgan fingerprint density at radius 2 is 2.05 bits per heavy atom. The van der Waals surface area contributed by atoms with Gasteiger partial charge in [0.05, 0.1) is 0 Å². The normalized spacial score (nSPS) is 19.2. The highest BCUT2D eigenvalue weighted by Crippen LogP contribution is 2.19. The molecule has 0 saturated carbocycles. The zero-order valence-corrected chi connectivity index (χ0v) is 12.5. The molecular weight excluding hydrogens is 266 g/mol. The molecule has 1 aliphatic heterocycles. The van der Waals surface area contributed by atoms with Gasteiger partial charge in [0.25, 0.3) is 0 Å². The average Bonchev–Trinajstić information content (AvgIpc) is 2.74. The maximum Gasteiger partial charge on any atom is 0.219 e. The summed E-state index contributed by atoms with van der Waals surface area (Å²) >= 11 is 0. The third kappa shape index (κ3) is 3.55. The molecule has 0 radical (unpaired) electrons. The number of hydrogen-bond acceptors (Lipinski definition) is 5. The van der Waals surface area contributed by atoms with Gasteiger partial charge in [0.1, 0.15) is 17.2 Å². The zero-order valence-electron chi connectivity index (χ0n) is 11.7. The molecule has 0 bridgehead atoms. The first-order valence-corrected chi connectivity index (χ1v) is 8.06. The van der Waals surface area contributed by atoms with Crippen LogP contribution in [0, 0.1) is 6.92 Å². The molecule has 2 rings (SSSR count). The molecule has 1 saturated heterocycles. The molecule has 1 aromatic rings. The van der Waals surface area contributed by atoms with Crippen LogP contribution in [0.25, 0.3) is 0 Å². The van der Waals surface area contributed by atoms with Crippen LogP contribution in [0.5, 0.6) is 0 Å². The standard InChI is InChI=1S/C12H21N3O3S/c1-10-8-11(13-18-10)9-19(16,17)15-6-4-12(5-7-15)14(2)3/h8,12H,4-7,9H2,1-3H3. The lowest BCUT2D eigenvalue weighted by molar-refractivity contribution is 0.196. The monoisotopic (exact) mass is 287 g/mol. The molecule has 1 aromatic heterocycles. The van der Waals surface area contributed by atoms with E-state index in [0.29, 0.717) is 30.6 Å². The molecule has 1 aliphatic rings. The average molecular weight is 287 g/mol. The van der Waals surface area contributed by atoms with Crippen molar-refractivity contribution in [2.24, 2.45) is 0 Å². The minimum absolute atomic E-state index is 0.0724. The summed E-state index contributed by atoms with van der Waals surface area (Å²) in [6.45, 7) is 2.93. The van der Waals surface area contributed by atoms with Gasteiger partial charge < -0.3 is 9.42 Å². The van der Waals surface area contributed by atoms with E-state index in [1.807, 2.05) is 14.1 Å². The van der Waals surface area contributed by atoms with E-state index in [1.54, 1.807) is 17.3 Å². The second kappa shape index (κ2) is 5.60. The summed E-state index contributed by atoms with van der Waals surface area (Å²) < 4.78 is 31.0. The van der Waals surface area contributed by atoms with E-state index in [0.717, 1.165) is 12.8 Å². The SMILES string of the molecule is Cc1cc(CS(=O)(=O)N2CCC(N(C)C)CC2)no1. The Hall–Kier alpha value is -0.920. The largest absolute Gasteiger partial charge is 0.361 e. The fourth-order valence-corrected chi connectivity index (χ4v) is 3.86. The minimum Gasteiger partial charge on any atom is -0.361 e. The number of aryl methyl sites for hydroxylation is 1. The smallest absolute Gasteiger partial charge is 0.219 e. The molecule has 0 aliphatic carbocycles. The van der Waals surface area contributed by atoms with Crippen LogP contribution < -0.4 is 0 Å². The van der Waals surface area contributed by atoms with Crippen molar-refractivity contribution >= 4 is 10.0 Å². The van der Waals surface area contributed by atoms with Crippen molar-refractivity contribution in [2.45, 2.75) is 31.6 Å². The van der Waals surface area contributed by atoms with Gasteiger partial charge in [-0.25, -0.2) is 12.7 Å². The lowest BCUT2D eigenvalue weighted by Crippen LogP contribution is -2.44. The fraction of sp³-hybridized carbons (Fsp3) is 0.750. The van der Waals surface area contributed by atoms with Crippen molar-refractivity contribution in [1.29, 1.82) is 0 Å². The molecule has 0 unspecified atom stereocenters. The van der Waals surface area contributed by atoms with Crippen molar-refractivity contribution in [3.8, 4) is 0 Å². The molecule has 7 heteroatoms. The quantitative estimate of drug-likeness (QED) is 0.821. The summed E-state index contributed by atoms with van der Waals surface area (Å²) in [6, 6.07) is 2.14. The van der Waals surface area contributed by atoms with E-state index in [4.69, 9.17) is 4.52 Å². The highest BCUT2D eigenvalue weighted by molar-refractivity contribution is 7.88. The molecule has 0 spiro atoms. The third-order valence-electron chi connectivity index (χ3n) is 3.55. The number of hydrogen-bond donors (Lipinski definition) is 0. The fourth-order valence-electron chi connectivity index (χ4n) is 2.40. The molecule has 0 N–H and O–H groups in total. The number of sulfonamides is 1. The number of nitrogens with zero attached hydrogens (tertiary/aromatic N) is 3. The second-order valence-electron chi connectivity index (χ2n) is 5.28. The molecule has 6 nitrogen and oxygen atoms in total. The second-order valence-corrected chi connectivity index (χ2v) is 7.25. The molecule has 0 atom stereocenters. The van der Waals surface area contributed by atoms with Gasteiger partial charge in [-0.15, -0.1) is 0 Å². The predicted octanol–water partition coefficient (Wildman–Crippen LogP) is 0.839. The van der Waals surface area contributed by atoms with E-state index >= 15 is 0 Å². The molecule has 0 amide bonds. The van der Waals surface area contributed by atoms with Gasteiger partial charge in [0.15, 0.2) is 0 Å². The minimum atomic E-state index is -3.28. The van der Waals surface area contributed by atoms with E-state index in [-0.39, 0.29) is 5.75 Å². The molecule has 19 heavy (non-hydrogen) atoms. The molecular formula is C12H21N3O3S. The van der Waals surface area contributed by atoms with Gasteiger partial charge in [-0.2, -0.15) is 0 Å². The van der Waals surface area contributed by atoms with Crippen LogP contribution in [0.2, 0.25) is 0 Å². The summed E-state index contributed by atoms with van der Waals surface area (Å²) in [5, 5.41) is 3.75. The highest BCUT2D eigenvalue weighted by Gasteiger charge is 2.29. The van der Waals surface area contributed by atoms with E-state index in [1.165, 1.54) is 0 Å². The van der Waals surface area contributed by atoms with Gasteiger partial charge in [-0.05, 0) is 33.9 Å². The summed E-state index contributed by atoms with van der Waals surface area (Å²) in [5.41, 5.74) is 0.479. The predicted molar refractivity (Wildman–Crippen MR) is 72.1 cm³/mol. The first-order chi connectivity index (χ1) is 8.88. The van der Waals surface area contributed by atoms with Crippen LogP contribution >= 0.6 is 0 Å². The first kappa shape index (κ1) is 14.5. The van der Waals surface area contributed by atoms with E-state index < -0.39 is 10.0 Å². The number of rotatable bonds is 4.